The maximum atomic E-state index is 10.6. The van der Waals surface area contributed by atoms with E-state index in [0.29, 0.717) is 17.6 Å². The van der Waals surface area contributed by atoms with Crippen LogP contribution in [0.1, 0.15) is 70.4 Å². The third-order valence-corrected chi connectivity index (χ3v) is 5.38. The average Bonchev–Trinajstić information content (AvgIpc) is 2.43. The van der Waals surface area contributed by atoms with Gasteiger partial charge in [-0.1, -0.05) is 25.0 Å². The molecule has 3 rings (SSSR count). The smallest absolute Gasteiger partial charge is 0.127 e. The van der Waals surface area contributed by atoms with Crippen molar-refractivity contribution in [1.29, 1.82) is 0 Å². The van der Waals surface area contributed by atoms with Crippen molar-refractivity contribution < 1.29 is 9.84 Å². The van der Waals surface area contributed by atoms with Gasteiger partial charge in [0.05, 0.1) is 0 Å². The number of ether oxygens (including phenoxy) is 1. The van der Waals surface area contributed by atoms with Crippen LogP contribution < -0.4 is 4.74 Å². The first-order chi connectivity index (χ1) is 10.4. The number of benzene rings is 1. The van der Waals surface area contributed by atoms with E-state index in [2.05, 4.69) is 39.8 Å². The largest absolute Gasteiger partial charge is 0.508 e. The standard InChI is InChI=1S/C20H28O2/c1-5-6-7-14-11-17(21)19-15-10-13(2)8-9-16(15)20(3,4)22-18(19)12-14/h8,11-12,15-16,21H,5-7,9-10H2,1-4H3/t15-,16-/m1/s1. The lowest BCUT2D eigenvalue weighted by atomic mass is 9.67. The van der Waals surface area contributed by atoms with Crippen LogP contribution in [0.2, 0.25) is 0 Å². The number of phenolic OH excluding ortho intramolecular Hbond substituents is 1. The molecule has 0 amide bonds. The van der Waals surface area contributed by atoms with Crippen molar-refractivity contribution in [2.24, 2.45) is 5.92 Å². The molecular formula is C20H28O2. The fourth-order valence-corrected chi connectivity index (χ4v) is 4.15. The fraction of sp³-hybridized carbons (Fsp3) is 0.600. The fourth-order valence-electron chi connectivity index (χ4n) is 4.15. The normalized spacial score (nSPS) is 25.7. The average molecular weight is 300 g/mol. The number of aryl methyl sites for hydroxylation is 1. The highest BCUT2D eigenvalue weighted by atomic mass is 16.5. The van der Waals surface area contributed by atoms with Crippen molar-refractivity contribution in [1.82, 2.24) is 0 Å². The second-order valence-electron chi connectivity index (χ2n) is 7.54. The molecule has 120 valence electrons. The quantitative estimate of drug-likeness (QED) is 0.763. The molecule has 2 nitrogen and oxygen atoms in total. The minimum atomic E-state index is -0.176. The van der Waals surface area contributed by atoms with Gasteiger partial charge in [-0.25, -0.2) is 0 Å². The van der Waals surface area contributed by atoms with E-state index >= 15 is 0 Å². The Morgan fingerprint density at radius 2 is 2.09 bits per heavy atom. The van der Waals surface area contributed by atoms with Gasteiger partial charge >= 0.3 is 0 Å². The van der Waals surface area contributed by atoms with Gasteiger partial charge in [-0.15, -0.1) is 0 Å². The summed E-state index contributed by atoms with van der Waals surface area (Å²) in [6.45, 7) is 8.78. The van der Waals surface area contributed by atoms with Crippen molar-refractivity contribution in [3.63, 3.8) is 0 Å². The summed E-state index contributed by atoms with van der Waals surface area (Å²) in [5.41, 5.74) is 3.48. The first kappa shape index (κ1) is 15.5. The Kier molecular flexibility index (Phi) is 3.96. The molecule has 1 aromatic carbocycles. The molecule has 0 saturated carbocycles. The Morgan fingerprint density at radius 3 is 2.82 bits per heavy atom. The third kappa shape index (κ3) is 2.64. The van der Waals surface area contributed by atoms with Gasteiger partial charge in [-0.2, -0.15) is 0 Å². The number of rotatable bonds is 3. The monoisotopic (exact) mass is 300 g/mol. The zero-order valence-corrected chi connectivity index (χ0v) is 14.3. The van der Waals surface area contributed by atoms with Crippen LogP contribution in [-0.2, 0) is 6.42 Å². The van der Waals surface area contributed by atoms with E-state index < -0.39 is 0 Å². The second-order valence-corrected chi connectivity index (χ2v) is 7.54. The van der Waals surface area contributed by atoms with Crippen LogP contribution in [0.5, 0.6) is 11.5 Å². The highest BCUT2D eigenvalue weighted by Gasteiger charge is 2.45. The summed E-state index contributed by atoms with van der Waals surface area (Å²) in [7, 11) is 0. The van der Waals surface area contributed by atoms with E-state index in [1.807, 2.05) is 6.07 Å². The van der Waals surface area contributed by atoms with Crippen molar-refractivity contribution in [2.45, 2.75) is 71.3 Å². The molecule has 1 N–H and O–H groups in total. The first-order valence-corrected chi connectivity index (χ1v) is 8.62. The molecule has 0 bridgehead atoms. The topological polar surface area (TPSA) is 29.5 Å². The summed E-state index contributed by atoms with van der Waals surface area (Å²) < 4.78 is 6.34. The van der Waals surface area contributed by atoms with Gasteiger partial charge < -0.3 is 9.84 Å². The minimum absolute atomic E-state index is 0.176. The number of hydrogen-bond donors (Lipinski definition) is 1. The molecule has 0 saturated heterocycles. The van der Waals surface area contributed by atoms with E-state index in [9.17, 15) is 5.11 Å². The van der Waals surface area contributed by atoms with Gasteiger partial charge in [0.2, 0.25) is 0 Å². The minimum Gasteiger partial charge on any atom is -0.508 e. The summed E-state index contributed by atoms with van der Waals surface area (Å²) in [6, 6.07) is 4.12. The molecule has 0 fully saturated rings. The molecule has 2 atom stereocenters. The highest BCUT2D eigenvalue weighted by Crippen LogP contribution is 2.54. The summed E-state index contributed by atoms with van der Waals surface area (Å²) in [6.07, 6.45) is 7.73. The summed E-state index contributed by atoms with van der Waals surface area (Å²) in [4.78, 5) is 0. The van der Waals surface area contributed by atoms with Gasteiger partial charge in [0, 0.05) is 17.4 Å². The number of allylic oxidation sites excluding steroid dienone is 2. The van der Waals surface area contributed by atoms with Crippen molar-refractivity contribution >= 4 is 0 Å². The van der Waals surface area contributed by atoms with Gasteiger partial charge in [0.1, 0.15) is 17.1 Å². The van der Waals surface area contributed by atoms with Gasteiger partial charge in [0.25, 0.3) is 0 Å². The lowest BCUT2D eigenvalue weighted by molar-refractivity contribution is 0.00753. The number of fused-ring (bicyclic) bond motifs is 3. The lowest BCUT2D eigenvalue weighted by Gasteiger charge is -2.47. The summed E-state index contributed by atoms with van der Waals surface area (Å²) in [5, 5.41) is 10.6. The Balaban J connectivity index is 2.04. The molecule has 0 spiro atoms. The van der Waals surface area contributed by atoms with E-state index in [4.69, 9.17) is 4.74 Å². The maximum Gasteiger partial charge on any atom is 0.127 e. The molecule has 0 radical (unpaired) electrons. The van der Waals surface area contributed by atoms with Crippen LogP contribution in [0.4, 0.5) is 0 Å². The van der Waals surface area contributed by atoms with E-state index in [1.54, 1.807) is 0 Å². The summed E-state index contributed by atoms with van der Waals surface area (Å²) >= 11 is 0. The Hall–Kier alpha value is -1.44. The van der Waals surface area contributed by atoms with Crippen molar-refractivity contribution in [2.75, 3.05) is 0 Å². The molecule has 22 heavy (non-hydrogen) atoms. The molecular weight excluding hydrogens is 272 g/mol. The molecule has 1 heterocycles. The first-order valence-electron chi connectivity index (χ1n) is 8.62. The zero-order chi connectivity index (χ0) is 15.9. The number of aromatic hydroxyl groups is 1. The number of phenols is 1. The molecule has 1 aliphatic carbocycles. The number of unbranched alkanes of at least 4 members (excludes halogenated alkanes) is 1. The van der Waals surface area contributed by atoms with Crippen LogP contribution in [0.25, 0.3) is 0 Å². The van der Waals surface area contributed by atoms with Crippen LogP contribution >= 0.6 is 0 Å². The molecule has 2 aliphatic rings. The van der Waals surface area contributed by atoms with Gasteiger partial charge in [-0.05, 0) is 64.2 Å². The predicted molar refractivity (Wildman–Crippen MR) is 90.6 cm³/mol. The summed E-state index contributed by atoms with van der Waals surface area (Å²) in [5.74, 6) is 2.16. The second kappa shape index (κ2) is 5.64. The van der Waals surface area contributed by atoms with E-state index in [0.717, 1.165) is 37.0 Å². The maximum absolute atomic E-state index is 10.6. The Morgan fingerprint density at radius 1 is 1.32 bits per heavy atom. The Labute approximate surface area is 134 Å². The van der Waals surface area contributed by atoms with Gasteiger partial charge in [0.15, 0.2) is 0 Å². The molecule has 1 aliphatic heterocycles. The van der Waals surface area contributed by atoms with Crippen LogP contribution in [-0.4, -0.2) is 10.7 Å². The van der Waals surface area contributed by atoms with E-state index in [1.165, 1.54) is 17.6 Å². The molecule has 2 heteroatoms. The zero-order valence-electron chi connectivity index (χ0n) is 14.3. The van der Waals surface area contributed by atoms with E-state index in [-0.39, 0.29) is 5.60 Å². The van der Waals surface area contributed by atoms with Crippen LogP contribution in [0.15, 0.2) is 23.8 Å². The van der Waals surface area contributed by atoms with Gasteiger partial charge in [-0.3, -0.25) is 0 Å². The predicted octanol–water partition coefficient (Wildman–Crippen LogP) is 5.35. The number of hydrogen-bond acceptors (Lipinski definition) is 2. The Bertz CT molecular complexity index is 598. The van der Waals surface area contributed by atoms with Crippen LogP contribution in [0.3, 0.4) is 0 Å². The van der Waals surface area contributed by atoms with Crippen molar-refractivity contribution in [3.8, 4) is 11.5 Å². The molecule has 0 aromatic heterocycles. The third-order valence-electron chi connectivity index (χ3n) is 5.38. The SMILES string of the molecule is CCCCc1cc(O)c2c(c1)OC(C)(C)[C@@H]1CC=C(C)C[C@@H]21. The molecule has 0 unspecified atom stereocenters. The van der Waals surface area contributed by atoms with Crippen molar-refractivity contribution in [3.05, 3.63) is 34.9 Å². The lowest BCUT2D eigenvalue weighted by Crippen LogP contribution is -2.45. The van der Waals surface area contributed by atoms with Crippen LogP contribution in [0, 0.1) is 5.92 Å². The molecule has 1 aromatic rings. The highest BCUT2D eigenvalue weighted by molar-refractivity contribution is 5.52.